The Kier molecular flexibility index (Phi) is 14.0. The molecule has 0 unspecified atom stereocenters. The van der Waals surface area contributed by atoms with Crippen molar-refractivity contribution >= 4 is 66.4 Å². The van der Waals surface area contributed by atoms with E-state index in [9.17, 15) is 35.9 Å². The lowest BCUT2D eigenvalue weighted by atomic mass is 9.75. The summed E-state index contributed by atoms with van der Waals surface area (Å²) in [7, 11) is 5.81. The Labute approximate surface area is 387 Å². The van der Waals surface area contributed by atoms with E-state index in [-0.39, 0.29) is 53.3 Å². The summed E-state index contributed by atoms with van der Waals surface area (Å²) in [6, 6.07) is 37.3. The highest BCUT2D eigenvalue weighted by Crippen LogP contribution is 2.48. The number of hydrogen-bond acceptors (Lipinski definition) is 6. The third kappa shape index (κ3) is 9.01. The second-order valence-corrected chi connectivity index (χ2v) is 17.0. The standard InChI is InChI=1S/2C24H20BrF3N2O2.H2O/c2*1-30-20-9-4-3-8-18(20)23(22(30)31,15-6-5-7-16(25)12-15)14-29-17-10-11-21(32-2)19(13-17)24(26,27)28;/h2*3-13,29H,14H2,1-2H3;1H2/t2*23-;/m11./s1. The number of fused-ring (bicyclic) bond motifs is 2. The highest BCUT2D eigenvalue weighted by atomic mass is 79.9. The topological polar surface area (TPSA) is 115 Å². The maximum Gasteiger partial charge on any atom is 0.420 e. The second kappa shape index (κ2) is 18.8. The third-order valence-electron chi connectivity index (χ3n) is 11.5. The zero-order valence-corrected chi connectivity index (χ0v) is 38.3. The van der Waals surface area contributed by atoms with Crippen molar-refractivity contribution in [3.8, 4) is 11.5 Å². The monoisotopic (exact) mass is 1030 g/mol. The first kappa shape index (κ1) is 48.4. The molecule has 0 radical (unpaired) electrons. The lowest BCUT2D eigenvalue weighted by Crippen LogP contribution is -2.45. The number of nitrogens with one attached hydrogen (secondary N) is 2. The Morgan fingerprint density at radius 3 is 1.25 bits per heavy atom. The Bertz CT molecular complexity index is 2550. The zero-order valence-electron chi connectivity index (χ0n) is 35.2. The van der Waals surface area contributed by atoms with Gasteiger partial charge < -0.3 is 35.4 Å². The number of benzene rings is 6. The smallest absolute Gasteiger partial charge is 0.420 e. The van der Waals surface area contributed by atoms with E-state index in [0.29, 0.717) is 0 Å². The van der Waals surface area contributed by atoms with Crippen molar-refractivity contribution in [2.75, 3.05) is 61.8 Å². The molecule has 8 rings (SSSR count). The Morgan fingerprint density at radius 2 is 0.908 bits per heavy atom. The predicted octanol–water partition coefficient (Wildman–Crippen LogP) is 10.9. The van der Waals surface area contributed by atoms with Crippen molar-refractivity contribution in [1.82, 2.24) is 0 Å². The van der Waals surface area contributed by atoms with Gasteiger partial charge in [0.1, 0.15) is 22.3 Å². The van der Waals surface area contributed by atoms with Crippen molar-refractivity contribution in [2.45, 2.75) is 23.2 Å². The van der Waals surface area contributed by atoms with Crippen molar-refractivity contribution in [3.05, 3.63) is 176 Å². The summed E-state index contributed by atoms with van der Waals surface area (Å²) in [5.74, 6) is -0.832. The molecule has 0 saturated carbocycles. The van der Waals surface area contributed by atoms with Crippen LogP contribution in [-0.2, 0) is 32.8 Å². The minimum atomic E-state index is -4.57. The maximum atomic E-state index is 13.6. The lowest BCUT2D eigenvalue weighted by molar-refractivity contribution is -0.139. The van der Waals surface area contributed by atoms with Crippen LogP contribution in [0, 0.1) is 0 Å². The average molecular weight is 1030 g/mol. The largest absolute Gasteiger partial charge is 0.496 e. The van der Waals surface area contributed by atoms with Gasteiger partial charge in [-0.05, 0) is 95.1 Å². The van der Waals surface area contributed by atoms with Gasteiger partial charge in [-0.25, -0.2) is 0 Å². The molecular weight excluding hydrogens is 986 g/mol. The van der Waals surface area contributed by atoms with Crippen LogP contribution in [0.15, 0.2) is 142 Å². The van der Waals surface area contributed by atoms with Gasteiger partial charge in [-0.3, -0.25) is 9.59 Å². The number of carbonyl (C=O) groups is 2. The van der Waals surface area contributed by atoms with E-state index < -0.39 is 34.3 Å². The molecule has 9 nitrogen and oxygen atoms in total. The number of carbonyl (C=O) groups excluding carboxylic acids is 2. The third-order valence-corrected chi connectivity index (χ3v) is 12.5. The Morgan fingerprint density at radius 1 is 0.538 bits per heavy atom. The molecule has 0 spiro atoms. The van der Waals surface area contributed by atoms with Crippen LogP contribution in [0.4, 0.5) is 49.1 Å². The predicted molar refractivity (Wildman–Crippen MR) is 246 cm³/mol. The molecule has 0 fully saturated rings. The SMILES string of the molecule is COc1ccc(NC[C@]2(c3cccc(Br)c3)C(=O)N(C)c3ccccc32)cc1C(F)(F)F.COc1ccc(NC[C@]2(c3cccc(Br)c3)C(=O)N(C)c3ccccc32)cc1C(F)(F)F.O. The van der Waals surface area contributed by atoms with E-state index in [0.717, 1.165) is 54.7 Å². The fourth-order valence-corrected chi connectivity index (χ4v) is 9.23. The molecule has 0 bridgehead atoms. The first-order chi connectivity index (χ1) is 30.4. The minimum Gasteiger partial charge on any atom is -0.496 e. The molecule has 0 saturated heterocycles. The van der Waals surface area contributed by atoms with Crippen molar-refractivity contribution < 1.29 is 50.9 Å². The normalized spacial score (nSPS) is 17.7. The van der Waals surface area contributed by atoms with Gasteiger partial charge in [0.2, 0.25) is 11.8 Å². The molecule has 6 aromatic rings. The highest BCUT2D eigenvalue weighted by Gasteiger charge is 2.52. The first-order valence-electron chi connectivity index (χ1n) is 19.6. The number of likely N-dealkylation sites (N-methyl/N-ethyl adjacent to an activating group) is 2. The van der Waals surface area contributed by atoms with Crippen LogP contribution >= 0.6 is 31.9 Å². The van der Waals surface area contributed by atoms with E-state index in [1.165, 1.54) is 38.5 Å². The van der Waals surface area contributed by atoms with Crippen molar-refractivity contribution in [1.29, 1.82) is 0 Å². The first-order valence-corrected chi connectivity index (χ1v) is 21.2. The molecule has 2 amide bonds. The summed E-state index contributed by atoms with van der Waals surface area (Å²) in [5.41, 5.74) is 1.13. The van der Waals surface area contributed by atoms with Gasteiger partial charge in [-0.1, -0.05) is 92.5 Å². The molecule has 0 aliphatic carbocycles. The van der Waals surface area contributed by atoms with Gasteiger partial charge in [-0.2, -0.15) is 26.3 Å². The molecule has 2 aliphatic heterocycles. The van der Waals surface area contributed by atoms with Gasteiger partial charge in [0.25, 0.3) is 0 Å². The number of amides is 2. The molecule has 340 valence electrons. The average Bonchev–Trinajstić information content (AvgIpc) is 3.63. The van der Waals surface area contributed by atoms with Gasteiger partial charge in [-0.15, -0.1) is 0 Å². The summed E-state index contributed by atoms with van der Waals surface area (Å²) in [6.07, 6.45) is -9.14. The van der Waals surface area contributed by atoms with Crippen LogP contribution in [0.5, 0.6) is 11.5 Å². The number of hydrogen-bond donors (Lipinski definition) is 2. The number of anilines is 4. The number of rotatable bonds is 10. The van der Waals surface area contributed by atoms with Crippen LogP contribution < -0.4 is 29.9 Å². The molecule has 65 heavy (non-hydrogen) atoms. The number of nitrogens with zero attached hydrogens (tertiary/aromatic N) is 2. The van der Waals surface area contributed by atoms with Gasteiger partial charge in [0.05, 0.1) is 25.3 Å². The van der Waals surface area contributed by atoms with E-state index in [4.69, 9.17) is 9.47 Å². The number of para-hydroxylation sites is 2. The van der Waals surface area contributed by atoms with E-state index in [2.05, 4.69) is 42.5 Å². The molecular formula is C48H42Br2F6N4O5. The fourth-order valence-electron chi connectivity index (χ4n) is 8.44. The maximum absolute atomic E-state index is 13.6. The number of ether oxygens (including phenoxy) is 2. The van der Waals surface area contributed by atoms with Crippen LogP contribution in [0.2, 0.25) is 0 Å². The Hall–Kier alpha value is -6.04. The zero-order chi connectivity index (χ0) is 46.2. The fraction of sp³-hybridized carbons (Fsp3) is 0.208. The van der Waals surface area contributed by atoms with Crippen LogP contribution in [-0.4, -0.2) is 58.7 Å². The number of halogens is 8. The molecule has 4 N–H and O–H groups in total. The summed E-state index contributed by atoms with van der Waals surface area (Å²) in [5, 5.41) is 6.17. The lowest BCUT2D eigenvalue weighted by Gasteiger charge is -2.30. The van der Waals surface area contributed by atoms with Gasteiger partial charge in [0, 0.05) is 58.9 Å². The van der Waals surface area contributed by atoms with E-state index in [1.54, 1.807) is 23.9 Å². The molecule has 2 heterocycles. The molecule has 6 aromatic carbocycles. The number of methoxy groups -OCH3 is 2. The van der Waals surface area contributed by atoms with E-state index in [1.807, 2.05) is 97.1 Å². The van der Waals surface area contributed by atoms with Crippen LogP contribution in [0.25, 0.3) is 0 Å². The van der Waals surface area contributed by atoms with Gasteiger partial charge >= 0.3 is 12.4 Å². The van der Waals surface area contributed by atoms with E-state index >= 15 is 0 Å². The molecule has 17 heteroatoms. The number of alkyl halides is 6. The van der Waals surface area contributed by atoms with Crippen LogP contribution in [0.3, 0.4) is 0 Å². The van der Waals surface area contributed by atoms with Crippen LogP contribution in [0.1, 0.15) is 33.4 Å². The van der Waals surface area contributed by atoms with Crippen molar-refractivity contribution in [3.63, 3.8) is 0 Å². The highest BCUT2D eigenvalue weighted by molar-refractivity contribution is 9.10. The van der Waals surface area contributed by atoms with Crippen molar-refractivity contribution in [2.24, 2.45) is 0 Å². The molecule has 2 aliphatic rings. The van der Waals surface area contributed by atoms with Gasteiger partial charge in [0.15, 0.2) is 0 Å². The second-order valence-electron chi connectivity index (χ2n) is 15.1. The summed E-state index contributed by atoms with van der Waals surface area (Å²) in [4.78, 5) is 30.4. The summed E-state index contributed by atoms with van der Waals surface area (Å²) >= 11 is 6.93. The molecule has 0 aromatic heterocycles. The Balaban J connectivity index is 0.000000212. The summed E-state index contributed by atoms with van der Waals surface area (Å²) < 4.78 is 92.2. The summed E-state index contributed by atoms with van der Waals surface area (Å²) in [6.45, 7) is 0.153. The molecule has 2 atom stereocenters. The minimum absolute atomic E-state index is 0. The quantitative estimate of drug-likeness (QED) is 0.132.